The molecular formula is C9H8F3N3O4. The number of carbonyl (C=O) groups is 2. The van der Waals surface area contributed by atoms with Gasteiger partial charge in [-0.3, -0.25) is 9.59 Å². The van der Waals surface area contributed by atoms with Crippen LogP contribution in [-0.2, 0) is 4.79 Å². The van der Waals surface area contributed by atoms with E-state index < -0.39 is 35.2 Å². The molecule has 0 aromatic carbocycles. The van der Waals surface area contributed by atoms with Gasteiger partial charge in [-0.2, -0.15) is 13.2 Å². The molecule has 0 spiro atoms. The van der Waals surface area contributed by atoms with E-state index in [1.807, 2.05) is 4.98 Å². The number of halogens is 3. The molecular weight excluding hydrogens is 271 g/mol. The van der Waals surface area contributed by atoms with Crippen LogP contribution in [0.15, 0.2) is 11.0 Å². The molecule has 1 aromatic rings. The molecule has 19 heavy (non-hydrogen) atoms. The van der Waals surface area contributed by atoms with Gasteiger partial charge in [0, 0.05) is 6.20 Å². The van der Waals surface area contributed by atoms with Gasteiger partial charge in [-0.1, -0.05) is 0 Å². The molecule has 7 nitrogen and oxygen atoms in total. The van der Waals surface area contributed by atoms with Gasteiger partial charge >= 0.3 is 18.1 Å². The minimum absolute atomic E-state index is 0.285. The first kappa shape index (κ1) is 14.7. The summed E-state index contributed by atoms with van der Waals surface area (Å²) >= 11 is 0. The molecule has 1 atom stereocenters. The molecule has 0 aliphatic rings. The summed E-state index contributed by atoms with van der Waals surface area (Å²) in [5.41, 5.74) is -1.68. The third kappa shape index (κ3) is 3.53. The van der Waals surface area contributed by atoms with Crippen molar-refractivity contribution in [1.82, 2.24) is 15.3 Å². The molecule has 0 aliphatic heterocycles. The second kappa shape index (κ2) is 5.08. The van der Waals surface area contributed by atoms with Gasteiger partial charge in [0.2, 0.25) is 0 Å². The van der Waals surface area contributed by atoms with Crippen LogP contribution >= 0.6 is 0 Å². The topological polar surface area (TPSA) is 112 Å². The minimum Gasteiger partial charge on any atom is -0.477 e. The Hall–Kier alpha value is -2.39. The van der Waals surface area contributed by atoms with Crippen LogP contribution in [0, 0.1) is 0 Å². The maximum Gasteiger partial charge on any atom is 0.471 e. The summed E-state index contributed by atoms with van der Waals surface area (Å²) in [5.74, 6) is -4.00. The highest BCUT2D eigenvalue weighted by Crippen LogP contribution is 2.16. The molecule has 3 N–H and O–H groups in total. The lowest BCUT2D eigenvalue weighted by Crippen LogP contribution is -2.39. The van der Waals surface area contributed by atoms with Gasteiger partial charge in [-0.05, 0) is 6.92 Å². The van der Waals surface area contributed by atoms with Crippen molar-refractivity contribution in [1.29, 1.82) is 0 Å². The fraction of sp³-hybridized carbons (Fsp3) is 0.333. The van der Waals surface area contributed by atoms with Crippen LogP contribution in [0.1, 0.15) is 29.1 Å². The van der Waals surface area contributed by atoms with E-state index in [4.69, 9.17) is 5.11 Å². The van der Waals surface area contributed by atoms with Crippen LogP contribution in [0.2, 0.25) is 0 Å². The predicted octanol–water partition coefficient (Wildman–Crippen LogP) is 0.208. The second-order valence-electron chi connectivity index (χ2n) is 3.51. The molecule has 0 radical (unpaired) electrons. The zero-order valence-electron chi connectivity index (χ0n) is 9.41. The summed E-state index contributed by atoms with van der Waals surface area (Å²) in [6, 6.07) is -1.23. The summed E-state index contributed by atoms with van der Waals surface area (Å²) in [7, 11) is 0. The van der Waals surface area contributed by atoms with E-state index >= 15 is 0 Å². The van der Waals surface area contributed by atoms with Gasteiger partial charge in [0.1, 0.15) is 11.4 Å². The Bertz CT molecular complexity index is 567. The fourth-order valence-corrected chi connectivity index (χ4v) is 1.13. The Morgan fingerprint density at radius 1 is 1.47 bits per heavy atom. The standard InChI is InChI=1S/C9H8F3N3O4/c1-3(14-8(19)9(10,11)12)5-13-2-4(7(17)18)6(16)15-5/h2-3H,1H3,(H,14,19)(H,17,18)(H,13,15,16). The Balaban J connectivity index is 2.93. The van der Waals surface area contributed by atoms with E-state index in [0.717, 1.165) is 6.92 Å². The summed E-state index contributed by atoms with van der Waals surface area (Å²) < 4.78 is 36.0. The molecule has 0 bridgehead atoms. The Labute approximate surface area is 103 Å². The highest BCUT2D eigenvalue weighted by molar-refractivity contribution is 5.86. The van der Waals surface area contributed by atoms with Crippen molar-refractivity contribution in [2.75, 3.05) is 0 Å². The first-order chi connectivity index (χ1) is 8.62. The van der Waals surface area contributed by atoms with Crippen molar-refractivity contribution in [3.8, 4) is 0 Å². The van der Waals surface area contributed by atoms with Crippen molar-refractivity contribution in [2.45, 2.75) is 19.1 Å². The van der Waals surface area contributed by atoms with Gasteiger partial charge in [0.05, 0.1) is 6.04 Å². The average molecular weight is 279 g/mol. The number of hydrogen-bond acceptors (Lipinski definition) is 4. The van der Waals surface area contributed by atoms with Gasteiger partial charge in [0.15, 0.2) is 0 Å². The number of alkyl halides is 3. The summed E-state index contributed by atoms with van der Waals surface area (Å²) in [4.78, 5) is 37.9. The minimum atomic E-state index is -5.06. The van der Waals surface area contributed by atoms with E-state index in [1.54, 1.807) is 5.32 Å². The maximum atomic E-state index is 12.0. The molecule has 1 unspecified atom stereocenters. The normalized spacial score (nSPS) is 12.8. The number of aromatic carboxylic acids is 1. The first-order valence-corrected chi connectivity index (χ1v) is 4.83. The van der Waals surface area contributed by atoms with Crippen LogP contribution < -0.4 is 10.9 Å². The summed E-state index contributed by atoms with van der Waals surface area (Å²) in [6.07, 6.45) is -4.36. The van der Waals surface area contributed by atoms with E-state index in [1.165, 1.54) is 0 Å². The van der Waals surface area contributed by atoms with Crippen LogP contribution in [0.4, 0.5) is 13.2 Å². The lowest BCUT2D eigenvalue weighted by atomic mass is 10.3. The molecule has 1 heterocycles. The van der Waals surface area contributed by atoms with Gasteiger partial charge in [-0.25, -0.2) is 9.78 Å². The molecule has 0 saturated heterocycles. The number of amides is 1. The number of nitrogens with zero attached hydrogens (tertiary/aromatic N) is 1. The number of aromatic nitrogens is 2. The predicted molar refractivity (Wildman–Crippen MR) is 54.4 cm³/mol. The number of hydrogen-bond donors (Lipinski definition) is 3. The largest absolute Gasteiger partial charge is 0.477 e. The third-order valence-corrected chi connectivity index (χ3v) is 2.06. The third-order valence-electron chi connectivity index (χ3n) is 2.06. The summed E-state index contributed by atoms with van der Waals surface area (Å²) in [6.45, 7) is 1.16. The summed E-state index contributed by atoms with van der Waals surface area (Å²) in [5, 5.41) is 10.1. The molecule has 0 aliphatic carbocycles. The Morgan fingerprint density at radius 2 is 2.05 bits per heavy atom. The lowest BCUT2D eigenvalue weighted by molar-refractivity contribution is -0.174. The fourth-order valence-electron chi connectivity index (χ4n) is 1.13. The SMILES string of the molecule is CC(NC(=O)C(F)(F)F)c1ncc(C(=O)O)c(=O)[nH]1. The number of carboxylic acids is 1. The van der Waals surface area contributed by atoms with Crippen molar-refractivity contribution >= 4 is 11.9 Å². The number of H-pyrrole nitrogens is 1. The van der Waals surface area contributed by atoms with Crippen LogP contribution in [0.25, 0.3) is 0 Å². The average Bonchev–Trinajstić information content (AvgIpc) is 2.26. The first-order valence-electron chi connectivity index (χ1n) is 4.83. The molecule has 104 valence electrons. The van der Waals surface area contributed by atoms with Crippen LogP contribution in [-0.4, -0.2) is 33.1 Å². The van der Waals surface area contributed by atoms with Crippen LogP contribution in [0.5, 0.6) is 0 Å². The van der Waals surface area contributed by atoms with Crippen molar-refractivity contribution in [3.05, 3.63) is 27.9 Å². The van der Waals surface area contributed by atoms with Crippen molar-refractivity contribution in [2.24, 2.45) is 0 Å². The van der Waals surface area contributed by atoms with Crippen LogP contribution in [0.3, 0.4) is 0 Å². The highest BCUT2D eigenvalue weighted by atomic mass is 19.4. The van der Waals surface area contributed by atoms with Crippen molar-refractivity contribution in [3.63, 3.8) is 0 Å². The monoisotopic (exact) mass is 279 g/mol. The molecule has 1 amide bonds. The molecule has 10 heteroatoms. The van der Waals surface area contributed by atoms with Gasteiger partial charge in [-0.15, -0.1) is 0 Å². The smallest absolute Gasteiger partial charge is 0.471 e. The van der Waals surface area contributed by atoms with Crippen molar-refractivity contribution < 1.29 is 27.9 Å². The number of carbonyl (C=O) groups excluding carboxylic acids is 1. The zero-order valence-corrected chi connectivity index (χ0v) is 9.41. The van der Waals surface area contributed by atoms with E-state index in [0.29, 0.717) is 6.20 Å². The van der Waals surface area contributed by atoms with Gasteiger partial charge < -0.3 is 15.4 Å². The quantitative estimate of drug-likeness (QED) is 0.732. The Morgan fingerprint density at radius 3 is 2.47 bits per heavy atom. The zero-order chi connectivity index (χ0) is 14.8. The Kier molecular flexibility index (Phi) is 3.92. The second-order valence-corrected chi connectivity index (χ2v) is 3.51. The number of rotatable bonds is 3. The number of carboxylic acid groups (broad SMARTS) is 1. The lowest BCUT2D eigenvalue weighted by Gasteiger charge is -2.14. The van der Waals surface area contributed by atoms with E-state index in [-0.39, 0.29) is 5.82 Å². The van der Waals surface area contributed by atoms with E-state index in [2.05, 4.69) is 4.98 Å². The van der Waals surface area contributed by atoms with Gasteiger partial charge in [0.25, 0.3) is 5.56 Å². The number of nitrogens with one attached hydrogen (secondary N) is 2. The number of aromatic amines is 1. The maximum absolute atomic E-state index is 12.0. The van der Waals surface area contributed by atoms with E-state index in [9.17, 15) is 27.6 Å². The highest BCUT2D eigenvalue weighted by Gasteiger charge is 2.39. The molecule has 1 rings (SSSR count). The molecule has 1 aromatic heterocycles. The molecule has 0 saturated carbocycles. The molecule has 0 fully saturated rings.